The van der Waals surface area contributed by atoms with Gasteiger partial charge in [-0.2, -0.15) is 0 Å². The van der Waals surface area contributed by atoms with Crippen LogP contribution < -0.4 is 0 Å². The lowest BCUT2D eigenvalue weighted by Gasteiger charge is -2.46. The van der Waals surface area contributed by atoms with Crippen molar-refractivity contribution in [3.63, 3.8) is 0 Å². The Morgan fingerprint density at radius 1 is 1.30 bits per heavy atom. The van der Waals surface area contributed by atoms with E-state index in [2.05, 4.69) is 18.7 Å². The maximum atomic E-state index is 14.1. The summed E-state index contributed by atoms with van der Waals surface area (Å²) in [5.41, 5.74) is 1.02. The predicted molar refractivity (Wildman–Crippen MR) is 80.2 cm³/mol. The number of piperidine rings is 1. The Bertz CT molecular complexity index is 456. The van der Waals surface area contributed by atoms with Gasteiger partial charge >= 0.3 is 0 Å². The van der Waals surface area contributed by atoms with E-state index < -0.39 is 11.6 Å². The first kappa shape index (κ1) is 15.5. The molecule has 2 unspecified atom stereocenters. The monoisotopic (exact) mass is 279 g/mol. The first-order chi connectivity index (χ1) is 9.49. The molecule has 2 rings (SSSR count). The number of halogens is 1. The number of aliphatic hydroxyl groups excluding tert-OH is 1. The van der Waals surface area contributed by atoms with Crippen LogP contribution in [0.25, 0.3) is 0 Å². The summed E-state index contributed by atoms with van der Waals surface area (Å²) in [6.07, 6.45) is 3.61. The van der Waals surface area contributed by atoms with Crippen LogP contribution in [0.15, 0.2) is 18.2 Å². The Hall–Kier alpha value is -0.930. The summed E-state index contributed by atoms with van der Waals surface area (Å²) in [5.74, 6) is -0.306. The molecule has 0 aromatic heterocycles. The van der Waals surface area contributed by atoms with Crippen molar-refractivity contribution in [1.29, 1.82) is 0 Å². The van der Waals surface area contributed by atoms with Crippen molar-refractivity contribution < 1.29 is 9.50 Å². The molecule has 1 heterocycles. The molecule has 0 spiro atoms. The third kappa shape index (κ3) is 2.89. The van der Waals surface area contributed by atoms with E-state index in [1.807, 2.05) is 6.92 Å². The molecule has 0 bridgehead atoms. The molecule has 1 N–H and O–H groups in total. The topological polar surface area (TPSA) is 23.5 Å². The van der Waals surface area contributed by atoms with E-state index in [4.69, 9.17) is 0 Å². The number of hydrogen-bond acceptors (Lipinski definition) is 2. The SMILES string of the molecule is CCC(C)(C(O)c1cc(C)ccc1F)N1CCCCC1. The average molecular weight is 279 g/mol. The van der Waals surface area contributed by atoms with Crippen molar-refractivity contribution in [1.82, 2.24) is 4.90 Å². The van der Waals surface area contributed by atoms with Gasteiger partial charge in [0, 0.05) is 11.1 Å². The summed E-state index contributed by atoms with van der Waals surface area (Å²) in [6, 6.07) is 4.98. The highest BCUT2D eigenvalue weighted by Gasteiger charge is 2.39. The molecule has 1 aromatic carbocycles. The highest BCUT2D eigenvalue weighted by Crippen LogP contribution is 2.37. The summed E-state index contributed by atoms with van der Waals surface area (Å²) in [4.78, 5) is 2.34. The first-order valence-corrected chi connectivity index (χ1v) is 7.68. The Morgan fingerprint density at radius 3 is 2.55 bits per heavy atom. The molecule has 2 atom stereocenters. The smallest absolute Gasteiger partial charge is 0.129 e. The van der Waals surface area contributed by atoms with E-state index in [0.29, 0.717) is 5.56 Å². The second-order valence-electron chi connectivity index (χ2n) is 6.19. The molecule has 1 saturated heterocycles. The highest BCUT2D eigenvalue weighted by molar-refractivity contribution is 5.28. The summed E-state index contributed by atoms with van der Waals surface area (Å²) >= 11 is 0. The van der Waals surface area contributed by atoms with Crippen molar-refractivity contribution in [2.45, 2.75) is 58.1 Å². The molecular weight excluding hydrogens is 253 g/mol. The van der Waals surface area contributed by atoms with Crippen molar-refractivity contribution in [2.24, 2.45) is 0 Å². The van der Waals surface area contributed by atoms with Gasteiger partial charge in [-0.15, -0.1) is 0 Å². The summed E-state index contributed by atoms with van der Waals surface area (Å²) < 4.78 is 14.1. The van der Waals surface area contributed by atoms with E-state index >= 15 is 0 Å². The number of aryl methyl sites for hydroxylation is 1. The first-order valence-electron chi connectivity index (χ1n) is 7.68. The maximum Gasteiger partial charge on any atom is 0.129 e. The minimum Gasteiger partial charge on any atom is -0.386 e. The van der Waals surface area contributed by atoms with Gasteiger partial charge in [-0.1, -0.05) is 31.0 Å². The van der Waals surface area contributed by atoms with Crippen LogP contribution in [0.5, 0.6) is 0 Å². The molecule has 112 valence electrons. The van der Waals surface area contributed by atoms with Crippen LogP contribution in [0.4, 0.5) is 4.39 Å². The standard InChI is InChI=1S/C17H26FNO/c1-4-17(3,19-10-6-5-7-11-19)16(20)14-12-13(2)8-9-15(14)18/h8-9,12,16,20H,4-7,10-11H2,1-3H3. The molecular formula is C17H26FNO. The number of likely N-dealkylation sites (tertiary alicyclic amines) is 1. The lowest BCUT2D eigenvalue weighted by molar-refractivity contribution is -0.0367. The van der Waals surface area contributed by atoms with Gasteiger partial charge in [0.25, 0.3) is 0 Å². The van der Waals surface area contributed by atoms with Crippen molar-refractivity contribution in [3.05, 3.63) is 35.1 Å². The average Bonchev–Trinajstić information content (AvgIpc) is 2.49. The fraction of sp³-hybridized carbons (Fsp3) is 0.647. The van der Waals surface area contributed by atoms with Crippen LogP contribution in [0.2, 0.25) is 0 Å². The second kappa shape index (κ2) is 6.23. The van der Waals surface area contributed by atoms with Crippen LogP contribution in [-0.4, -0.2) is 28.6 Å². The molecule has 1 aromatic rings. The Labute approximate surface area is 121 Å². The molecule has 1 aliphatic heterocycles. The number of rotatable bonds is 4. The Morgan fingerprint density at radius 2 is 1.95 bits per heavy atom. The lowest BCUT2D eigenvalue weighted by Crippen LogP contribution is -2.52. The van der Waals surface area contributed by atoms with E-state index in [1.54, 1.807) is 12.1 Å². The van der Waals surface area contributed by atoms with Crippen LogP contribution in [0, 0.1) is 12.7 Å². The Kier molecular flexibility index (Phi) is 4.82. The van der Waals surface area contributed by atoms with E-state index in [9.17, 15) is 9.50 Å². The van der Waals surface area contributed by atoms with Crippen LogP contribution in [0.3, 0.4) is 0 Å². The fourth-order valence-corrected chi connectivity index (χ4v) is 3.20. The zero-order chi connectivity index (χ0) is 14.8. The number of nitrogens with zero attached hydrogens (tertiary/aromatic N) is 1. The van der Waals surface area contributed by atoms with Gasteiger partial charge in [0.2, 0.25) is 0 Å². The summed E-state index contributed by atoms with van der Waals surface area (Å²) in [5, 5.41) is 10.8. The molecule has 2 nitrogen and oxygen atoms in total. The molecule has 0 amide bonds. The van der Waals surface area contributed by atoms with Crippen LogP contribution >= 0.6 is 0 Å². The molecule has 3 heteroatoms. The largest absolute Gasteiger partial charge is 0.386 e. The number of benzene rings is 1. The zero-order valence-electron chi connectivity index (χ0n) is 12.8. The van der Waals surface area contributed by atoms with Crippen molar-refractivity contribution >= 4 is 0 Å². The van der Waals surface area contributed by atoms with Gasteiger partial charge in [-0.3, -0.25) is 4.90 Å². The van der Waals surface area contributed by atoms with E-state index in [-0.39, 0.29) is 5.82 Å². The third-order valence-corrected chi connectivity index (χ3v) is 4.83. The van der Waals surface area contributed by atoms with Gasteiger partial charge in [-0.05, 0) is 52.3 Å². The van der Waals surface area contributed by atoms with Gasteiger partial charge in [0.1, 0.15) is 5.82 Å². The lowest BCUT2D eigenvalue weighted by atomic mass is 9.83. The predicted octanol–water partition coefficient (Wildman–Crippen LogP) is 3.82. The summed E-state index contributed by atoms with van der Waals surface area (Å²) in [7, 11) is 0. The molecule has 1 aliphatic rings. The molecule has 1 fully saturated rings. The minimum atomic E-state index is -0.787. The third-order valence-electron chi connectivity index (χ3n) is 4.83. The van der Waals surface area contributed by atoms with Gasteiger partial charge < -0.3 is 5.11 Å². The molecule has 20 heavy (non-hydrogen) atoms. The number of hydrogen-bond donors (Lipinski definition) is 1. The van der Waals surface area contributed by atoms with Crippen LogP contribution in [0.1, 0.15) is 56.8 Å². The zero-order valence-corrected chi connectivity index (χ0v) is 12.8. The minimum absolute atomic E-state index is 0.306. The van der Waals surface area contributed by atoms with Gasteiger partial charge in [-0.25, -0.2) is 4.39 Å². The normalized spacial score (nSPS) is 21.4. The second-order valence-corrected chi connectivity index (χ2v) is 6.19. The maximum absolute atomic E-state index is 14.1. The molecule has 0 saturated carbocycles. The molecule has 0 aliphatic carbocycles. The summed E-state index contributed by atoms with van der Waals surface area (Å²) in [6.45, 7) is 8.06. The van der Waals surface area contributed by atoms with Crippen molar-refractivity contribution in [2.75, 3.05) is 13.1 Å². The van der Waals surface area contributed by atoms with Gasteiger partial charge in [0.05, 0.1) is 6.10 Å². The van der Waals surface area contributed by atoms with E-state index in [1.165, 1.54) is 25.3 Å². The number of aliphatic hydroxyl groups is 1. The van der Waals surface area contributed by atoms with E-state index in [0.717, 1.165) is 25.1 Å². The van der Waals surface area contributed by atoms with Crippen LogP contribution in [-0.2, 0) is 0 Å². The van der Waals surface area contributed by atoms with Gasteiger partial charge in [0.15, 0.2) is 0 Å². The molecule has 0 radical (unpaired) electrons. The highest BCUT2D eigenvalue weighted by atomic mass is 19.1. The Balaban J connectivity index is 2.31. The fourth-order valence-electron chi connectivity index (χ4n) is 3.20. The quantitative estimate of drug-likeness (QED) is 0.905. The van der Waals surface area contributed by atoms with Crippen molar-refractivity contribution in [3.8, 4) is 0 Å².